The monoisotopic (exact) mass is 344 g/mol. The van der Waals surface area contributed by atoms with Crippen molar-refractivity contribution in [2.24, 2.45) is 10.9 Å². The second kappa shape index (κ2) is 5.32. The van der Waals surface area contributed by atoms with Crippen molar-refractivity contribution in [3.05, 3.63) is 18.2 Å². The van der Waals surface area contributed by atoms with Gasteiger partial charge in [0.2, 0.25) is 0 Å². The molecule has 5 heterocycles. The topological polar surface area (TPSA) is 59.0 Å². The highest BCUT2D eigenvalue weighted by Crippen LogP contribution is 2.41. The number of aromatic nitrogens is 1. The van der Waals surface area contributed by atoms with Crippen molar-refractivity contribution in [3.63, 3.8) is 0 Å². The Hall–Kier alpha value is -1.86. The van der Waals surface area contributed by atoms with Gasteiger partial charge >= 0.3 is 0 Å². The zero-order valence-electron chi connectivity index (χ0n) is 13.6. The van der Waals surface area contributed by atoms with Crippen LogP contribution >= 0.6 is 11.3 Å². The second-order valence-corrected chi connectivity index (χ2v) is 7.87. The third-order valence-corrected chi connectivity index (χ3v) is 6.37. The summed E-state index contributed by atoms with van der Waals surface area (Å²) in [7, 11) is 1.68. The average molecular weight is 344 g/mol. The maximum atomic E-state index is 5.90. The lowest BCUT2D eigenvalue weighted by Crippen LogP contribution is -2.58. The minimum absolute atomic E-state index is 0.0429. The molecule has 6 nitrogen and oxygen atoms in total. The van der Waals surface area contributed by atoms with Crippen LogP contribution < -0.4 is 10.1 Å². The summed E-state index contributed by atoms with van der Waals surface area (Å²) in [5.74, 6) is 1.50. The van der Waals surface area contributed by atoms with Crippen molar-refractivity contribution in [2.45, 2.75) is 18.4 Å². The van der Waals surface area contributed by atoms with Gasteiger partial charge in [0.15, 0.2) is 5.13 Å². The van der Waals surface area contributed by atoms with E-state index in [1.807, 2.05) is 18.2 Å². The van der Waals surface area contributed by atoms with Crippen molar-refractivity contribution >= 4 is 32.7 Å². The molecule has 1 unspecified atom stereocenters. The number of amidine groups is 1. The first-order valence-corrected chi connectivity index (χ1v) is 9.22. The van der Waals surface area contributed by atoms with Crippen LogP contribution in [0.15, 0.2) is 23.2 Å². The molecule has 0 saturated carbocycles. The van der Waals surface area contributed by atoms with Gasteiger partial charge < -0.3 is 14.4 Å². The number of hydrogen-bond acceptors (Lipinski definition) is 7. The summed E-state index contributed by atoms with van der Waals surface area (Å²) < 4.78 is 12.3. The second-order valence-electron chi connectivity index (χ2n) is 6.84. The number of methoxy groups -OCH3 is 1. The molecule has 0 aliphatic carbocycles. The minimum atomic E-state index is -0.0429. The number of ether oxygens (including phenoxy) is 2. The van der Waals surface area contributed by atoms with E-state index in [0.29, 0.717) is 18.5 Å². The van der Waals surface area contributed by atoms with E-state index in [2.05, 4.69) is 15.2 Å². The van der Waals surface area contributed by atoms with Crippen molar-refractivity contribution < 1.29 is 9.47 Å². The summed E-state index contributed by atoms with van der Waals surface area (Å²) in [6, 6.07) is 6.53. The lowest BCUT2D eigenvalue weighted by molar-refractivity contribution is 0.0167. The number of piperidine rings is 3. The maximum absolute atomic E-state index is 5.90. The first kappa shape index (κ1) is 14.5. The van der Waals surface area contributed by atoms with E-state index in [9.17, 15) is 0 Å². The smallest absolute Gasteiger partial charge is 0.291 e. The van der Waals surface area contributed by atoms with Crippen molar-refractivity contribution in [2.75, 3.05) is 38.7 Å². The van der Waals surface area contributed by atoms with Crippen LogP contribution in [-0.4, -0.2) is 54.8 Å². The Morgan fingerprint density at radius 1 is 1.38 bits per heavy atom. The lowest BCUT2D eigenvalue weighted by atomic mass is 9.74. The van der Waals surface area contributed by atoms with E-state index in [4.69, 9.17) is 14.5 Å². The van der Waals surface area contributed by atoms with Gasteiger partial charge in [-0.2, -0.15) is 0 Å². The van der Waals surface area contributed by atoms with Gasteiger partial charge in [-0.15, -0.1) is 0 Å². The van der Waals surface area contributed by atoms with Gasteiger partial charge in [0.25, 0.3) is 6.02 Å². The van der Waals surface area contributed by atoms with Crippen LogP contribution in [0.1, 0.15) is 12.8 Å². The molecule has 4 aliphatic rings. The standard InChI is InChI=1S/C17H20N4O2S/c1-22-12-2-3-13-14(8-12)24-16(18-13)19-15-20-17(10-23-15)9-21-6-4-11(17)5-7-21/h2-3,8,11H,4-7,9-10H2,1H3,(H,18,19,20). The summed E-state index contributed by atoms with van der Waals surface area (Å²) in [6.07, 6.45) is 2.47. The van der Waals surface area contributed by atoms with Gasteiger partial charge in [0.05, 0.1) is 17.3 Å². The Bertz CT molecular complexity index is 812. The zero-order chi connectivity index (χ0) is 16.1. The van der Waals surface area contributed by atoms with Gasteiger partial charge in [-0.05, 0) is 50.0 Å². The van der Waals surface area contributed by atoms with Crippen LogP contribution in [-0.2, 0) is 4.74 Å². The molecule has 1 aromatic carbocycles. The fourth-order valence-corrected chi connectivity index (χ4v) is 5.02. The molecule has 24 heavy (non-hydrogen) atoms. The van der Waals surface area contributed by atoms with Crippen LogP contribution in [0.25, 0.3) is 10.2 Å². The summed E-state index contributed by atoms with van der Waals surface area (Å²) >= 11 is 1.59. The summed E-state index contributed by atoms with van der Waals surface area (Å²) in [5.41, 5.74) is 0.915. The molecule has 126 valence electrons. The molecule has 3 saturated heterocycles. The van der Waals surface area contributed by atoms with E-state index >= 15 is 0 Å². The van der Waals surface area contributed by atoms with E-state index in [0.717, 1.165) is 27.6 Å². The molecule has 0 amide bonds. The Morgan fingerprint density at radius 3 is 3.00 bits per heavy atom. The molecule has 1 N–H and O–H groups in total. The van der Waals surface area contributed by atoms with Crippen LogP contribution in [0.2, 0.25) is 0 Å². The molecule has 2 bridgehead atoms. The van der Waals surface area contributed by atoms with Gasteiger partial charge in [-0.3, -0.25) is 5.32 Å². The van der Waals surface area contributed by atoms with Crippen LogP contribution in [0, 0.1) is 5.92 Å². The number of benzene rings is 1. The number of nitrogens with one attached hydrogen (secondary N) is 1. The number of thiazole rings is 1. The summed E-state index contributed by atoms with van der Waals surface area (Å²) in [5, 5.41) is 4.09. The van der Waals surface area contributed by atoms with Crippen molar-refractivity contribution in [1.29, 1.82) is 0 Å². The lowest BCUT2D eigenvalue weighted by Gasteiger charge is -2.48. The molecular weight excluding hydrogens is 324 g/mol. The number of nitrogens with zero attached hydrogens (tertiary/aromatic N) is 3. The van der Waals surface area contributed by atoms with Crippen molar-refractivity contribution in [3.8, 4) is 5.75 Å². The number of fused-ring (bicyclic) bond motifs is 3. The highest BCUT2D eigenvalue weighted by atomic mass is 32.1. The summed E-state index contributed by atoms with van der Waals surface area (Å²) in [4.78, 5) is 12.1. The highest BCUT2D eigenvalue weighted by molar-refractivity contribution is 7.22. The Balaban J connectivity index is 1.39. The molecule has 0 radical (unpaired) electrons. The normalized spacial score (nSPS) is 31.3. The predicted molar refractivity (Wildman–Crippen MR) is 95.1 cm³/mol. The van der Waals surface area contributed by atoms with Crippen LogP contribution in [0.3, 0.4) is 0 Å². The Labute approximate surface area is 144 Å². The van der Waals surface area contributed by atoms with Gasteiger partial charge in [-0.1, -0.05) is 11.3 Å². The molecule has 4 aliphatic heterocycles. The van der Waals surface area contributed by atoms with E-state index in [1.54, 1.807) is 18.4 Å². The van der Waals surface area contributed by atoms with Gasteiger partial charge in [0.1, 0.15) is 17.9 Å². The molecule has 3 fully saturated rings. The Kier molecular flexibility index (Phi) is 3.21. The predicted octanol–water partition coefficient (Wildman–Crippen LogP) is 2.57. The molecule has 1 atom stereocenters. The maximum Gasteiger partial charge on any atom is 0.291 e. The molecule has 2 aromatic rings. The molecule has 1 aromatic heterocycles. The summed E-state index contributed by atoms with van der Waals surface area (Å²) in [6.45, 7) is 4.14. The number of hydrogen-bond donors (Lipinski definition) is 1. The van der Waals surface area contributed by atoms with Gasteiger partial charge in [0, 0.05) is 6.54 Å². The Morgan fingerprint density at radius 2 is 2.25 bits per heavy atom. The average Bonchev–Trinajstić information content (AvgIpc) is 3.19. The van der Waals surface area contributed by atoms with Crippen LogP contribution in [0.5, 0.6) is 5.75 Å². The third-order valence-electron chi connectivity index (χ3n) is 5.44. The van der Waals surface area contributed by atoms with Gasteiger partial charge in [-0.25, -0.2) is 9.98 Å². The van der Waals surface area contributed by atoms with E-state index in [-0.39, 0.29) is 5.54 Å². The van der Waals surface area contributed by atoms with Crippen molar-refractivity contribution in [1.82, 2.24) is 9.88 Å². The quantitative estimate of drug-likeness (QED) is 0.907. The molecule has 7 heteroatoms. The fourth-order valence-electron chi connectivity index (χ4n) is 4.14. The number of aliphatic imine (C=N–C) groups is 1. The van der Waals surface area contributed by atoms with Crippen LogP contribution in [0.4, 0.5) is 5.13 Å². The highest BCUT2D eigenvalue weighted by Gasteiger charge is 2.50. The minimum Gasteiger partial charge on any atom is -0.497 e. The largest absolute Gasteiger partial charge is 0.497 e. The van der Waals surface area contributed by atoms with E-state index < -0.39 is 0 Å². The van der Waals surface area contributed by atoms with E-state index in [1.165, 1.54) is 25.9 Å². The third kappa shape index (κ3) is 2.26. The molecular formula is C17H20N4O2S. The number of rotatable bonds is 2. The zero-order valence-corrected chi connectivity index (χ0v) is 14.4. The fraction of sp³-hybridized carbons (Fsp3) is 0.529. The SMILES string of the molecule is COc1ccc2nc(NC3=NC4(CO3)CN3CCC4CC3)sc2c1. The molecule has 6 rings (SSSR count). The number of anilines is 1. The molecule has 1 spiro atoms. The first-order chi connectivity index (χ1) is 11.7. The first-order valence-electron chi connectivity index (χ1n) is 8.41.